The Bertz CT molecular complexity index is 2420. The first-order valence-electron chi connectivity index (χ1n) is 18.1. The number of carbonyl (C=O) groups is 4. The lowest BCUT2D eigenvalue weighted by molar-refractivity contribution is -0.392. The lowest BCUT2D eigenvalue weighted by Gasteiger charge is -2.50. The van der Waals surface area contributed by atoms with Crippen LogP contribution < -0.4 is 15.2 Å². The first-order valence-corrected chi connectivity index (χ1v) is 18.9. The van der Waals surface area contributed by atoms with Crippen LogP contribution in [0.1, 0.15) is 35.4 Å². The van der Waals surface area contributed by atoms with E-state index in [1.54, 1.807) is 60.7 Å². The van der Waals surface area contributed by atoms with E-state index in [1.807, 2.05) is 19.1 Å². The minimum Gasteiger partial charge on any atom is -0.508 e. The van der Waals surface area contributed by atoms with Crippen LogP contribution in [0.15, 0.2) is 101 Å². The molecule has 6 atom stereocenters. The largest absolute Gasteiger partial charge is 0.508 e. The summed E-state index contributed by atoms with van der Waals surface area (Å²) in [5, 5.41) is 37.1. The van der Waals surface area contributed by atoms with Gasteiger partial charge in [0.05, 0.1) is 44.4 Å². The van der Waals surface area contributed by atoms with E-state index in [2.05, 4.69) is 21.4 Å². The monoisotopic (exact) mass is 834 g/mol. The number of rotatable bonds is 8. The van der Waals surface area contributed by atoms with Crippen molar-refractivity contribution in [3.63, 3.8) is 0 Å². The Labute approximate surface area is 334 Å². The van der Waals surface area contributed by atoms with Gasteiger partial charge in [0.1, 0.15) is 5.75 Å². The topological polar surface area (TPSA) is 197 Å². The van der Waals surface area contributed by atoms with Crippen LogP contribution in [0.4, 0.5) is 28.4 Å². The van der Waals surface area contributed by atoms with Gasteiger partial charge in [-0.3, -0.25) is 44.8 Å². The van der Waals surface area contributed by atoms with Gasteiger partial charge in [-0.15, -0.1) is 0 Å². The number of imide groups is 2. The molecule has 4 aliphatic rings. The predicted octanol–water partition coefficient (Wildman–Crippen LogP) is 6.54. The van der Waals surface area contributed by atoms with Crippen molar-refractivity contribution in [2.75, 3.05) is 29.3 Å². The second-order valence-electron chi connectivity index (χ2n) is 15.0. The van der Waals surface area contributed by atoms with E-state index in [1.165, 1.54) is 25.1 Å². The maximum atomic E-state index is 15.3. The average molecular weight is 836 g/mol. The standard InChI is InChI=1S/C41H35BrN6O9/c1-21-9-12-24(13-10-21)43-46-38(51)30-20-28-26(35(29-17-23(42)11-16-33(29)49)41(30,40(46)53)22-7-5-4-6-8-22)14-15-27-34(28)39(52)45(37(27)50)25-18-31(47(54)55)36(44(2)3)32(19-25)48(56)57/h4-14,16-19,27-28,30,34-35,43,49H,15,20H2,1-3H3/t27-,28+,30-,34-,35+,41+/m0/s1. The molecule has 0 bridgehead atoms. The highest BCUT2D eigenvalue weighted by atomic mass is 79.9. The summed E-state index contributed by atoms with van der Waals surface area (Å²) in [6.45, 7) is 1.91. The lowest BCUT2D eigenvalue weighted by atomic mass is 9.49. The number of nitrogens with one attached hydrogen (secondary N) is 1. The van der Waals surface area contributed by atoms with Crippen molar-refractivity contribution in [3.8, 4) is 5.75 Å². The molecule has 290 valence electrons. The van der Waals surface area contributed by atoms with Crippen molar-refractivity contribution in [1.82, 2.24) is 5.01 Å². The van der Waals surface area contributed by atoms with E-state index in [4.69, 9.17) is 0 Å². The van der Waals surface area contributed by atoms with Crippen LogP contribution in [-0.2, 0) is 24.6 Å². The highest BCUT2D eigenvalue weighted by Crippen LogP contribution is 2.65. The number of halogens is 1. The second-order valence-corrected chi connectivity index (χ2v) is 16.0. The zero-order valence-electron chi connectivity index (χ0n) is 30.8. The van der Waals surface area contributed by atoms with Gasteiger partial charge in [-0.25, -0.2) is 4.90 Å². The molecule has 2 aliphatic heterocycles. The van der Waals surface area contributed by atoms with Crippen molar-refractivity contribution in [1.29, 1.82) is 0 Å². The molecule has 8 rings (SSSR count). The molecule has 57 heavy (non-hydrogen) atoms. The quantitative estimate of drug-likeness (QED) is 0.0847. The fourth-order valence-corrected chi connectivity index (χ4v) is 9.94. The van der Waals surface area contributed by atoms with Crippen molar-refractivity contribution < 1.29 is 34.1 Å². The molecule has 2 N–H and O–H groups in total. The number of phenolic OH excluding ortho intramolecular Hbond substituents is 1. The number of allylic oxidation sites excluding steroid dienone is 2. The van der Waals surface area contributed by atoms with Crippen molar-refractivity contribution in [3.05, 3.63) is 138 Å². The van der Waals surface area contributed by atoms with Crippen LogP contribution >= 0.6 is 15.9 Å². The molecule has 16 heteroatoms. The summed E-state index contributed by atoms with van der Waals surface area (Å²) in [5.41, 5.74) is 2.33. The van der Waals surface area contributed by atoms with E-state index in [-0.39, 0.29) is 30.0 Å². The number of fused-ring (bicyclic) bond motifs is 4. The molecular formula is C41H35BrN6O9. The van der Waals surface area contributed by atoms with Crippen LogP contribution in [-0.4, -0.2) is 57.7 Å². The molecule has 1 saturated carbocycles. The van der Waals surface area contributed by atoms with Crippen LogP contribution in [0.2, 0.25) is 0 Å². The number of hydrogen-bond acceptors (Lipinski definition) is 11. The molecule has 0 spiro atoms. The summed E-state index contributed by atoms with van der Waals surface area (Å²) < 4.78 is 0.584. The molecule has 4 aromatic carbocycles. The number of nitro groups is 2. The number of nitro benzene ring substituents is 2. The number of hydrazine groups is 1. The maximum absolute atomic E-state index is 15.3. The van der Waals surface area contributed by atoms with Gasteiger partial charge in [-0.05, 0) is 61.6 Å². The number of amides is 4. The van der Waals surface area contributed by atoms with Crippen LogP contribution in [0.5, 0.6) is 5.75 Å². The Morgan fingerprint density at radius 1 is 0.860 bits per heavy atom. The molecule has 15 nitrogen and oxygen atoms in total. The highest BCUT2D eigenvalue weighted by molar-refractivity contribution is 9.10. The van der Waals surface area contributed by atoms with Crippen molar-refractivity contribution >= 4 is 68.0 Å². The smallest absolute Gasteiger partial charge is 0.301 e. The molecule has 0 aromatic heterocycles. The average Bonchev–Trinajstić information content (AvgIpc) is 3.57. The number of aryl methyl sites for hydroxylation is 1. The Morgan fingerprint density at radius 3 is 2.12 bits per heavy atom. The normalized spacial score (nSPS) is 25.1. The molecule has 0 radical (unpaired) electrons. The van der Waals surface area contributed by atoms with Crippen LogP contribution in [0.3, 0.4) is 0 Å². The molecule has 2 saturated heterocycles. The Morgan fingerprint density at radius 2 is 1.51 bits per heavy atom. The van der Waals surface area contributed by atoms with Gasteiger partial charge in [0.15, 0.2) is 5.69 Å². The van der Waals surface area contributed by atoms with Gasteiger partial charge >= 0.3 is 11.4 Å². The summed E-state index contributed by atoms with van der Waals surface area (Å²) in [7, 11) is 2.82. The van der Waals surface area contributed by atoms with Gasteiger partial charge in [0.25, 0.3) is 11.8 Å². The van der Waals surface area contributed by atoms with E-state index < -0.39 is 79.9 Å². The zero-order chi connectivity index (χ0) is 40.7. The summed E-state index contributed by atoms with van der Waals surface area (Å²) in [6.07, 6.45) is 1.78. The summed E-state index contributed by atoms with van der Waals surface area (Å²) in [5.74, 6) is -7.73. The van der Waals surface area contributed by atoms with Crippen LogP contribution in [0.25, 0.3) is 0 Å². The third-order valence-corrected chi connectivity index (χ3v) is 12.3. The molecular weight excluding hydrogens is 800 g/mol. The van der Waals surface area contributed by atoms with Gasteiger partial charge in [-0.1, -0.05) is 75.6 Å². The SMILES string of the molecule is Cc1ccc(NN2C(=O)[C@@H]3C[C@@H]4C(=CC[C@@H]5C(=O)N(c6cc([N+](=O)[O-])c(N(C)C)c([N+](=O)[O-])c6)C(=O)[C@@H]54)[C@H](c4cc(Br)ccc4O)[C@]3(c3ccccc3)C2=O)cc1. The molecule has 0 unspecified atom stereocenters. The molecule has 3 fully saturated rings. The zero-order valence-corrected chi connectivity index (χ0v) is 32.4. The first kappa shape index (κ1) is 37.5. The van der Waals surface area contributed by atoms with E-state index in [0.29, 0.717) is 26.9 Å². The van der Waals surface area contributed by atoms with E-state index >= 15 is 4.79 Å². The fourth-order valence-electron chi connectivity index (χ4n) is 9.56. The third-order valence-electron chi connectivity index (χ3n) is 11.8. The Balaban J connectivity index is 1.31. The second kappa shape index (κ2) is 13.7. The van der Waals surface area contributed by atoms with Gasteiger partial charge in [0, 0.05) is 42.2 Å². The molecule has 4 amide bonds. The van der Waals surface area contributed by atoms with Gasteiger partial charge in [0.2, 0.25) is 11.8 Å². The Kier molecular flexibility index (Phi) is 8.98. The summed E-state index contributed by atoms with van der Waals surface area (Å²) in [6, 6.07) is 22.8. The Hall–Kier alpha value is -6.42. The first-order chi connectivity index (χ1) is 27.2. The lowest BCUT2D eigenvalue weighted by Crippen LogP contribution is -2.53. The number of nitrogens with zero attached hydrogens (tertiary/aromatic N) is 5. The third kappa shape index (κ3) is 5.60. The molecule has 2 aliphatic carbocycles. The summed E-state index contributed by atoms with van der Waals surface area (Å²) >= 11 is 3.52. The minimum absolute atomic E-state index is 0.0197. The number of phenols is 1. The highest BCUT2D eigenvalue weighted by Gasteiger charge is 2.70. The fraction of sp³-hybridized carbons (Fsp3) is 0.268. The summed E-state index contributed by atoms with van der Waals surface area (Å²) in [4.78, 5) is 84.1. The number of aromatic hydroxyl groups is 1. The number of anilines is 3. The molecule has 2 heterocycles. The number of carbonyl (C=O) groups excluding carboxylic acids is 4. The van der Waals surface area contributed by atoms with Gasteiger partial charge in [-0.2, -0.15) is 5.01 Å². The minimum atomic E-state index is -1.63. The molecule has 4 aromatic rings. The maximum Gasteiger partial charge on any atom is 0.301 e. The number of benzene rings is 4. The van der Waals surface area contributed by atoms with Crippen LogP contribution in [0, 0.1) is 50.8 Å². The van der Waals surface area contributed by atoms with E-state index in [0.717, 1.165) is 27.6 Å². The van der Waals surface area contributed by atoms with E-state index in [9.17, 15) is 39.7 Å². The van der Waals surface area contributed by atoms with Crippen molar-refractivity contribution in [2.45, 2.75) is 31.1 Å². The van der Waals surface area contributed by atoms with Crippen molar-refractivity contribution in [2.24, 2.45) is 23.7 Å². The number of hydrogen-bond donors (Lipinski definition) is 2. The van der Waals surface area contributed by atoms with Gasteiger partial charge < -0.3 is 10.0 Å². The predicted molar refractivity (Wildman–Crippen MR) is 211 cm³/mol.